The molecule has 1 aliphatic heterocycles. The zero-order chi connectivity index (χ0) is 24.8. The van der Waals surface area contributed by atoms with Crippen molar-refractivity contribution in [3.63, 3.8) is 0 Å². The number of phosphoric acid groups is 3. The van der Waals surface area contributed by atoms with Gasteiger partial charge >= 0.3 is 23.5 Å². The molecule has 3 rings (SSSR count). The summed E-state index contributed by atoms with van der Waals surface area (Å²) in [6.45, 7) is -1.47. The number of hydrogen-bond acceptors (Lipinski definition) is 12. The molecule has 0 amide bonds. The summed E-state index contributed by atoms with van der Waals surface area (Å²) in [5, 5.41) is 10.3. The molecule has 2 aromatic heterocycles. The Morgan fingerprint density at radius 2 is 1.85 bits per heavy atom. The highest BCUT2D eigenvalue weighted by Crippen LogP contribution is 2.66. The predicted molar refractivity (Wildman–Crippen MR) is 99.0 cm³/mol. The summed E-state index contributed by atoms with van der Waals surface area (Å²) in [4.78, 5) is 47.1. The maximum absolute atomic E-state index is 13.9. The molecular formula is C11H16F2N5O12P3. The first-order valence-electron chi connectivity index (χ1n) is 8.40. The average molecular weight is 541 g/mol. The summed E-state index contributed by atoms with van der Waals surface area (Å²) >= 11 is 0. The molecule has 3 heterocycles. The topological polar surface area (TPSA) is 259 Å². The Morgan fingerprint density at radius 1 is 1.18 bits per heavy atom. The number of aliphatic hydroxyl groups is 1. The quantitative estimate of drug-likeness (QED) is 0.229. The number of ether oxygens (including phenoxy) is 1. The van der Waals surface area contributed by atoms with E-state index in [4.69, 9.17) is 25.2 Å². The van der Waals surface area contributed by atoms with Crippen molar-refractivity contribution in [3.8, 4) is 0 Å². The minimum absolute atomic E-state index is 0.0412. The molecule has 1 saturated heterocycles. The lowest BCUT2D eigenvalue weighted by Gasteiger charge is -2.28. The summed E-state index contributed by atoms with van der Waals surface area (Å²) in [6, 6.07) is 0. The van der Waals surface area contributed by atoms with Crippen LogP contribution in [0, 0.1) is 0 Å². The van der Waals surface area contributed by atoms with Gasteiger partial charge in [0.05, 0.1) is 6.61 Å². The molecule has 0 bridgehead atoms. The summed E-state index contributed by atoms with van der Waals surface area (Å²) in [6.07, 6.45) is -5.34. The Labute approximate surface area is 181 Å². The minimum Gasteiger partial charge on any atom is -0.388 e. The van der Waals surface area contributed by atoms with Crippen LogP contribution in [0.5, 0.6) is 0 Å². The van der Waals surface area contributed by atoms with Crippen molar-refractivity contribution < 1.29 is 65.0 Å². The van der Waals surface area contributed by atoms with Gasteiger partial charge in [0.25, 0.3) is 6.43 Å². The second-order valence-corrected chi connectivity index (χ2v) is 11.0. The number of halogens is 2. The third-order valence-electron chi connectivity index (χ3n) is 4.19. The van der Waals surface area contributed by atoms with Gasteiger partial charge in [0.15, 0.2) is 23.3 Å². The molecule has 0 aromatic carbocycles. The van der Waals surface area contributed by atoms with E-state index in [-0.39, 0.29) is 17.0 Å². The van der Waals surface area contributed by atoms with E-state index >= 15 is 0 Å². The lowest BCUT2D eigenvalue weighted by atomic mass is 10.0. The normalized spacial score (nSPS) is 27.6. The maximum Gasteiger partial charge on any atom is 0.490 e. The van der Waals surface area contributed by atoms with Crippen LogP contribution < -0.4 is 5.73 Å². The first-order valence-corrected chi connectivity index (χ1v) is 12.9. The molecule has 22 heteroatoms. The lowest BCUT2D eigenvalue weighted by molar-refractivity contribution is -0.169. The summed E-state index contributed by atoms with van der Waals surface area (Å²) in [5.74, 6) is -0.115. The van der Waals surface area contributed by atoms with Crippen LogP contribution in [-0.4, -0.2) is 68.9 Å². The number of anilines is 1. The van der Waals surface area contributed by atoms with Gasteiger partial charge in [0, 0.05) is 6.42 Å². The number of imidazole rings is 1. The SMILES string of the molecule is Nc1ncnc2ncn(C3OC(COP(=O)(O)OP(=O)(O)OP(=O)(O)O)(C(F)F)CC3O)c12. The first kappa shape index (κ1) is 26.2. The van der Waals surface area contributed by atoms with Crippen LogP contribution in [0.25, 0.3) is 11.2 Å². The fourth-order valence-electron chi connectivity index (χ4n) is 2.95. The van der Waals surface area contributed by atoms with E-state index in [2.05, 4.69) is 28.1 Å². The van der Waals surface area contributed by atoms with Crippen molar-refractivity contribution in [3.05, 3.63) is 12.7 Å². The van der Waals surface area contributed by atoms with Crippen LogP contribution in [0.2, 0.25) is 0 Å². The molecular weight excluding hydrogens is 525 g/mol. The van der Waals surface area contributed by atoms with Gasteiger partial charge in [-0.25, -0.2) is 37.4 Å². The van der Waals surface area contributed by atoms with Gasteiger partial charge in [-0.15, -0.1) is 0 Å². The minimum atomic E-state index is -5.86. The van der Waals surface area contributed by atoms with Crippen LogP contribution in [-0.2, 0) is 31.6 Å². The fraction of sp³-hybridized carbons (Fsp3) is 0.545. The number of nitrogen functional groups attached to an aromatic ring is 1. The molecule has 7 N–H and O–H groups in total. The number of rotatable bonds is 9. The monoisotopic (exact) mass is 541 g/mol. The lowest BCUT2D eigenvalue weighted by Crippen LogP contribution is -2.42. The van der Waals surface area contributed by atoms with Crippen LogP contribution in [0.3, 0.4) is 0 Å². The van der Waals surface area contributed by atoms with Gasteiger partial charge in [-0.2, -0.15) is 8.62 Å². The molecule has 33 heavy (non-hydrogen) atoms. The second-order valence-electron chi connectivity index (χ2n) is 6.59. The average Bonchev–Trinajstić information content (AvgIpc) is 3.19. The van der Waals surface area contributed by atoms with Crippen molar-refractivity contribution in [2.24, 2.45) is 0 Å². The van der Waals surface area contributed by atoms with E-state index in [0.717, 1.165) is 17.2 Å². The Morgan fingerprint density at radius 3 is 2.45 bits per heavy atom. The highest BCUT2D eigenvalue weighted by molar-refractivity contribution is 7.66. The maximum atomic E-state index is 13.9. The van der Waals surface area contributed by atoms with Crippen molar-refractivity contribution in [1.82, 2.24) is 19.5 Å². The molecule has 186 valence electrons. The Bertz CT molecular complexity index is 1180. The largest absolute Gasteiger partial charge is 0.490 e. The van der Waals surface area contributed by atoms with Crippen LogP contribution in [0.1, 0.15) is 12.6 Å². The zero-order valence-corrected chi connectivity index (χ0v) is 18.5. The zero-order valence-electron chi connectivity index (χ0n) is 15.9. The van der Waals surface area contributed by atoms with E-state index in [1.54, 1.807) is 0 Å². The number of fused-ring (bicyclic) bond motifs is 1. The highest BCUT2D eigenvalue weighted by atomic mass is 31.3. The molecule has 1 fully saturated rings. The van der Waals surface area contributed by atoms with Crippen molar-refractivity contribution in [2.75, 3.05) is 12.3 Å². The molecule has 0 radical (unpaired) electrons. The molecule has 1 aliphatic rings. The van der Waals surface area contributed by atoms with Gasteiger partial charge in [0.1, 0.15) is 24.3 Å². The molecule has 5 atom stereocenters. The molecule has 2 aromatic rings. The predicted octanol–water partition coefficient (Wildman–Crippen LogP) is 0.0355. The number of nitrogens with zero attached hydrogens (tertiary/aromatic N) is 4. The van der Waals surface area contributed by atoms with E-state index in [9.17, 15) is 32.5 Å². The molecule has 0 aliphatic carbocycles. The van der Waals surface area contributed by atoms with Gasteiger partial charge in [-0.3, -0.25) is 9.09 Å². The Kier molecular flexibility index (Phi) is 7.10. The third-order valence-corrected chi connectivity index (χ3v) is 7.98. The second kappa shape index (κ2) is 8.96. The van der Waals surface area contributed by atoms with Gasteiger partial charge < -0.3 is 35.2 Å². The van der Waals surface area contributed by atoms with Gasteiger partial charge in [-0.05, 0) is 0 Å². The van der Waals surface area contributed by atoms with Crippen LogP contribution in [0.15, 0.2) is 12.7 Å². The van der Waals surface area contributed by atoms with Crippen molar-refractivity contribution >= 4 is 40.4 Å². The fourth-order valence-corrected chi connectivity index (χ4v) is 6.02. The van der Waals surface area contributed by atoms with E-state index < -0.39 is 60.9 Å². The van der Waals surface area contributed by atoms with Crippen LogP contribution in [0.4, 0.5) is 14.6 Å². The van der Waals surface area contributed by atoms with E-state index in [1.807, 2.05) is 0 Å². The number of hydrogen-bond donors (Lipinski definition) is 6. The summed E-state index contributed by atoms with van der Waals surface area (Å²) < 4.78 is 79.3. The van der Waals surface area contributed by atoms with Crippen LogP contribution >= 0.6 is 23.5 Å². The molecule has 17 nitrogen and oxygen atoms in total. The third kappa shape index (κ3) is 5.97. The summed E-state index contributed by atoms with van der Waals surface area (Å²) in [5.41, 5.74) is 3.09. The number of phosphoric ester groups is 1. The van der Waals surface area contributed by atoms with Gasteiger partial charge in [-0.1, -0.05) is 0 Å². The van der Waals surface area contributed by atoms with Gasteiger partial charge in [0.2, 0.25) is 0 Å². The first-order chi connectivity index (χ1) is 15.0. The summed E-state index contributed by atoms with van der Waals surface area (Å²) in [7, 11) is -17.2. The Hall–Kier alpha value is -1.46. The van der Waals surface area contributed by atoms with Crippen molar-refractivity contribution in [1.29, 1.82) is 0 Å². The standard InChI is InChI=1S/C11H16F2N5O12P3/c12-10(13)11(2-27-32(23,24)30-33(25,26)29-31(20,21)22)1-5(19)9(28-11)18-4-17-8-6(18)7(14)15-3-16-8/h3-5,9-10,19H,1-2H2,(H,23,24)(H,25,26)(H2,14,15,16)(H2,20,21,22). The van der Waals surface area contributed by atoms with E-state index in [0.29, 0.717) is 0 Å². The van der Waals surface area contributed by atoms with Crippen molar-refractivity contribution in [2.45, 2.75) is 30.8 Å². The number of aromatic nitrogens is 4. The molecule has 0 spiro atoms. The smallest absolute Gasteiger partial charge is 0.388 e. The number of alkyl halides is 2. The number of aliphatic hydroxyl groups excluding tert-OH is 1. The Balaban J connectivity index is 1.80. The molecule has 0 saturated carbocycles. The van der Waals surface area contributed by atoms with E-state index in [1.165, 1.54) is 0 Å². The highest BCUT2D eigenvalue weighted by Gasteiger charge is 2.55. The number of nitrogens with two attached hydrogens (primary N) is 1. The molecule has 5 unspecified atom stereocenters.